The number of aromatic nitrogens is 3. The van der Waals surface area contributed by atoms with Crippen molar-refractivity contribution in [3.8, 4) is 28.6 Å². The molecule has 1 amide bonds. The summed E-state index contributed by atoms with van der Waals surface area (Å²) < 4.78 is 11.8. The van der Waals surface area contributed by atoms with Gasteiger partial charge >= 0.3 is 0 Å². The molecule has 2 aromatic carbocycles. The van der Waals surface area contributed by atoms with Gasteiger partial charge in [0.15, 0.2) is 0 Å². The molecule has 0 saturated carbocycles. The van der Waals surface area contributed by atoms with Gasteiger partial charge in [-0.05, 0) is 68.8 Å². The summed E-state index contributed by atoms with van der Waals surface area (Å²) >= 11 is 0. The van der Waals surface area contributed by atoms with Gasteiger partial charge in [0.1, 0.15) is 17.8 Å². The van der Waals surface area contributed by atoms with Crippen LogP contribution in [0.5, 0.6) is 17.4 Å². The van der Waals surface area contributed by atoms with Crippen molar-refractivity contribution in [2.24, 2.45) is 0 Å². The molecule has 0 fully saturated rings. The molecule has 1 N–H and O–H groups in total. The molecule has 0 aliphatic heterocycles. The molecule has 0 saturated heterocycles. The Labute approximate surface area is 192 Å². The van der Waals surface area contributed by atoms with E-state index in [1.165, 1.54) is 6.33 Å². The fourth-order valence-corrected chi connectivity index (χ4v) is 3.20. The molecule has 2 heterocycles. The molecule has 0 atom stereocenters. The van der Waals surface area contributed by atoms with Crippen LogP contribution in [0.2, 0.25) is 0 Å². The predicted octanol–water partition coefficient (Wildman–Crippen LogP) is 5.68. The molecule has 0 radical (unpaired) electrons. The van der Waals surface area contributed by atoms with Crippen molar-refractivity contribution in [1.82, 2.24) is 15.0 Å². The molecule has 2 aromatic heterocycles. The topological polar surface area (TPSA) is 86.2 Å². The number of hydrogen-bond acceptors (Lipinski definition) is 6. The first-order chi connectivity index (χ1) is 16.0. The third kappa shape index (κ3) is 5.51. The maximum atomic E-state index is 12.9. The summed E-state index contributed by atoms with van der Waals surface area (Å²) in [6.07, 6.45) is 4.84. The number of nitrogens with zero attached hydrogens (tertiary/aromatic N) is 3. The largest absolute Gasteiger partial charge is 0.491 e. The minimum atomic E-state index is -0.251. The second-order valence-electron chi connectivity index (χ2n) is 7.68. The van der Waals surface area contributed by atoms with E-state index in [9.17, 15) is 4.79 Å². The first-order valence-electron chi connectivity index (χ1n) is 10.6. The lowest BCUT2D eigenvalue weighted by atomic mass is 10.1. The second-order valence-corrected chi connectivity index (χ2v) is 7.68. The van der Waals surface area contributed by atoms with Crippen molar-refractivity contribution in [3.05, 3.63) is 90.5 Å². The fourth-order valence-electron chi connectivity index (χ4n) is 3.20. The summed E-state index contributed by atoms with van der Waals surface area (Å²) in [4.78, 5) is 25.5. The van der Waals surface area contributed by atoms with Crippen molar-refractivity contribution in [1.29, 1.82) is 0 Å². The number of aryl methyl sites for hydroxylation is 1. The van der Waals surface area contributed by atoms with E-state index in [1.807, 2.05) is 57.2 Å². The lowest BCUT2D eigenvalue weighted by Gasteiger charge is -2.13. The molecule has 0 bridgehead atoms. The van der Waals surface area contributed by atoms with Crippen LogP contribution in [0.15, 0.2) is 79.4 Å². The number of benzene rings is 2. The highest BCUT2D eigenvalue weighted by molar-refractivity contribution is 6.04. The van der Waals surface area contributed by atoms with Crippen LogP contribution in [0.3, 0.4) is 0 Å². The molecule has 7 nitrogen and oxygen atoms in total. The number of pyridine rings is 1. The van der Waals surface area contributed by atoms with E-state index >= 15 is 0 Å². The Hall–Kier alpha value is -4.26. The molecular weight excluding hydrogens is 416 g/mol. The van der Waals surface area contributed by atoms with Crippen LogP contribution in [0.1, 0.15) is 29.8 Å². The zero-order valence-corrected chi connectivity index (χ0v) is 18.6. The van der Waals surface area contributed by atoms with Gasteiger partial charge in [0.2, 0.25) is 5.88 Å². The number of amides is 1. The highest BCUT2D eigenvalue weighted by Crippen LogP contribution is 2.32. The van der Waals surface area contributed by atoms with Crippen LogP contribution in [-0.4, -0.2) is 27.0 Å². The fraction of sp³-hybridized carbons (Fsp3) is 0.154. The molecule has 0 aliphatic rings. The number of carbonyl (C=O) groups excluding carboxylic acids is 1. The molecule has 166 valence electrons. The minimum absolute atomic E-state index is 0.0478. The van der Waals surface area contributed by atoms with E-state index in [0.717, 1.165) is 11.1 Å². The number of carbonyl (C=O) groups is 1. The Bertz CT molecular complexity index is 1260. The van der Waals surface area contributed by atoms with Crippen LogP contribution in [0.4, 0.5) is 5.69 Å². The number of ether oxygens (including phenoxy) is 2. The van der Waals surface area contributed by atoms with Crippen molar-refractivity contribution >= 4 is 11.6 Å². The quantitative estimate of drug-likeness (QED) is 0.398. The van der Waals surface area contributed by atoms with Crippen LogP contribution >= 0.6 is 0 Å². The van der Waals surface area contributed by atoms with Gasteiger partial charge in [0, 0.05) is 29.7 Å². The summed E-state index contributed by atoms with van der Waals surface area (Å²) in [5.41, 5.74) is 3.42. The zero-order chi connectivity index (χ0) is 23.2. The average molecular weight is 441 g/mol. The van der Waals surface area contributed by atoms with Gasteiger partial charge in [-0.2, -0.15) is 0 Å². The summed E-state index contributed by atoms with van der Waals surface area (Å²) in [7, 11) is 0. The van der Waals surface area contributed by atoms with Gasteiger partial charge in [-0.15, -0.1) is 0 Å². The highest BCUT2D eigenvalue weighted by Gasteiger charge is 2.14. The van der Waals surface area contributed by atoms with E-state index in [4.69, 9.17) is 9.47 Å². The molecule has 0 aliphatic carbocycles. The van der Waals surface area contributed by atoms with Crippen molar-refractivity contribution in [2.45, 2.75) is 26.9 Å². The second kappa shape index (κ2) is 9.91. The molecule has 7 heteroatoms. The summed E-state index contributed by atoms with van der Waals surface area (Å²) in [5, 5.41) is 2.91. The minimum Gasteiger partial charge on any atom is -0.491 e. The SMILES string of the molecule is Cc1ccc(C(=O)Nc2cccc(OC(C)C)c2)cc1Oc1ncccc1-c1ccncn1. The van der Waals surface area contributed by atoms with Gasteiger partial charge in [-0.25, -0.2) is 15.0 Å². The maximum absolute atomic E-state index is 12.9. The van der Waals surface area contributed by atoms with E-state index in [0.29, 0.717) is 34.3 Å². The average Bonchev–Trinajstić information content (AvgIpc) is 2.81. The number of rotatable bonds is 7. The zero-order valence-electron chi connectivity index (χ0n) is 18.6. The molecule has 4 aromatic rings. The third-order valence-corrected chi connectivity index (χ3v) is 4.75. The van der Waals surface area contributed by atoms with Gasteiger partial charge in [-0.1, -0.05) is 12.1 Å². The maximum Gasteiger partial charge on any atom is 0.255 e. The van der Waals surface area contributed by atoms with E-state index < -0.39 is 0 Å². The van der Waals surface area contributed by atoms with Crippen molar-refractivity contribution in [2.75, 3.05) is 5.32 Å². The number of nitrogens with one attached hydrogen (secondary N) is 1. The van der Waals surface area contributed by atoms with E-state index in [1.54, 1.807) is 36.7 Å². The summed E-state index contributed by atoms with van der Waals surface area (Å²) in [6, 6.07) is 18.1. The van der Waals surface area contributed by atoms with Crippen LogP contribution in [0, 0.1) is 6.92 Å². The first kappa shape index (κ1) is 22.0. The molecule has 0 spiro atoms. The van der Waals surface area contributed by atoms with Crippen molar-refractivity contribution in [3.63, 3.8) is 0 Å². The molecule has 4 rings (SSSR count). The number of hydrogen-bond donors (Lipinski definition) is 1. The first-order valence-corrected chi connectivity index (χ1v) is 10.6. The van der Waals surface area contributed by atoms with Gasteiger partial charge < -0.3 is 14.8 Å². The van der Waals surface area contributed by atoms with E-state index in [-0.39, 0.29) is 12.0 Å². The summed E-state index contributed by atoms with van der Waals surface area (Å²) in [5.74, 6) is 1.38. The van der Waals surface area contributed by atoms with E-state index in [2.05, 4.69) is 20.3 Å². The highest BCUT2D eigenvalue weighted by atomic mass is 16.5. The van der Waals surface area contributed by atoms with Crippen LogP contribution < -0.4 is 14.8 Å². The lowest BCUT2D eigenvalue weighted by molar-refractivity contribution is 0.102. The van der Waals surface area contributed by atoms with Crippen LogP contribution in [-0.2, 0) is 0 Å². The lowest BCUT2D eigenvalue weighted by Crippen LogP contribution is -2.12. The summed E-state index contributed by atoms with van der Waals surface area (Å²) in [6.45, 7) is 5.82. The Morgan fingerprint density at radius 1 is 0.970 bits per heavy atom. The van der Waals surface area contributed by atoms with Crippen molar-refractivity contribution < 1.29 is 14.3 Å². The standard InChI is InChI=1S/C26H24N4O3/c1-17(2)32-21-7-4-6-20(15-21)30-25(31)19-10-9-18(3)24(14-19)33-26-22(8-5-12-28-26)23-11-13-27-16-29-23/h4-17H,1-3H3,(H,30,31). The molecular formula is C26H24N4O3. The monoisotopic (exact) mass is 440 g/mol. The Morgan fingerprint density at radius 2 is 1.85 bits per heavy atom. The normalized spacial score (nSPS) is 10.7. The third-order valence-electron chi connectivity index (χ3n) is 4.75. The van der Waals surface area contributed by atoms with Gasteiger partial charge in [0.05, 0.1) is 17.4 Å². The van der Waals surface area contributed by atoms with Crippen LogP contribution in [0.25, 0.3) is 11.3 Å². The van der Waals surface area contributed by atoms with Gasteiger partial charge in [0.25, 0.3) is 5.91 Å². The predicted molar refractivity (Wildman–Crippen MR) is 127 cm³/mol. The molecule has 0 unspecified atom stereocenters. The smallest absolute Gasteiger partial charge is 0.255 e. The van der Waals surface area contributed by atoms with Gasteiger partial charge in [-0.3, -0.25) is 4.79 Å². The Balaban J connectivity index is 1.56. The molecule has 33 heavy (non-hydrogen) atoms. The Morgan fingerprint density at radius 3 is 2.64 bits per heavy atom. The number of anilines is 1. The Kier molecular flexibility index (Phi) is 6.59.